The van der Waals surface area contributed by atoms with Crippen LogP contribution >= 0.6 is 0 Å². The van der Waals surface area contributed by atoms with Gasteiger partial charge in [0, 0.05) is 16.8 Å². The van der Waals surface area contributed by atoms with Gasteiger partial charge in [0.1, 0.15) is 5.69 Å². The van der Waals surface area contributed by atoms with Crippen LogP contribution in [0.4, 0.5) is 5.69 Å². The molecule has 1 aliphatic heterocycles. The summed E-state index contributed by atoms with van der Waals surface area (Å²) in [6.45, 7) is 2.06. The van der Waals surface area contributed by atoms with Crippen LogP contribution in [-0.4, -0.2) is 17.1 Å². The normalized spacial score (nSPS) is 15.3. The smallest absolute Gasteiger partial charge is 0.246 e. The van der Waals surface area contributed by atoms with Gasteiger partial charge in [-0.25, -0.2) is 4.98 Å². The number of benzene rings is 2. The first-order valence-corrected chi connectivity index (χ1v) is 7.75. The minimum atomic E-state index is -0.352. The Morgan fingerprint density at radius 2 is 1.88 bits per heavy atom. The molecule has 2 heterocycles. The van der Waals surface area contributed by atoms with Gasteiger partial charge >= 0.3 is 0 Å². The number of fused-ring (bicyclic) bond motifs is 3. The molecule has 1 N–H and O–H groups in total. The molecule has 120 valence electrons. The maximum Gasteiger partial charge on any atom is 0.246 e. The number of hydrogen-bond donors (Lipinski definition) is 1. The van der Waals surface area contributed by atoms with Crippen LogP contribution in [0, 0.1) is 6.92 Å². The average Bonchev–Trinajstić information content (AvgIpc) is 2.78. The summed E-state index contributed by atoms with van der Waals surface area (Å²) >= 11 is 0. The van der Waals surface area contributed by atoms with E-state index in [1.807, 2.05) is 36.4 Å². The summed E-state index contributed by atoms with van der Waals surface area (Å²) in [4.78, 5) is 8.92. The zero-order valence-corrected chi connectivity index (χ0v) is 13.5. The van der Waals surface area contributed by atoms with Crippen molar-refractivity contribution in [1.29, 1.82) is 0 Å². The topological polar surface area (TPSA) is 56.3 Å². The first-order chi connectivity index (χ1) is 11.7. The van der Waals surface area contributed by atoms with Crippen LogP contribution in [0.25, 0.3) is 11.3 Å². The SMILES string of the molecule is COc1cnc2c(n1)OC(c1ccc(C)cc1)Nc1ccccc1-2. The molecule has 0 bridgehead atoms. The molecule has 1 atom stereocenters. The Morgan fingerprint density at radius 3 is 2.67 bits per heavy atom. The number of para-hydroxylation sites is 1. The number of rotatable bonds is 2. The van der Waals surface area contributed by atoms with E-state index in [4.69, 9.17) is 9.47 Å². The van der Waals surface area contributed by atoms with Crippen molar-refractivity contribution in [1.82, 2.24) is 9.97 Å². The second kappa shape index (κ2) is 5.85. The summed E-state index contributed by atoms with van der Waals surface area (Å²) in [5.74, 6) is 0.883. The highest BCUT2D eigenvalue weighted by atomic mass is 16.5. The van der Waals surface area contributed by atoms with E-state index in [2.05, 4.69) is 34.3 Å². The fraction of sp³-hybridized carbons (Fsp3) is 0.158. The van der Waals surface area contributed by atoms with Gasteiger partial charge in [0.25, 0.3) is 0 Å². The van der Waals surface area contributed by atoms with E-state index >= 15 is 0 Å². The Labute approximate surface area is 140 Å². The van der Waals surface area contributed by atoms with Crippen molar-refractivity contribution in [2.45, 2.75) is 13.2 Å². The third kappa shape index (κ3) is 2.54. The van der Waals surface area contributed by atoms with Crippen molar-refractivity contribution >= 4 is 5.69 Å². The fourth-order valence-corrected chi connectivity index (χ4v) is 2.71. The van der Waals surface area contributed by atoms with E-state index in [9.17, 15) is 0 Å². The largest absolute Gasteiger partial charge is 0.480 e. The van der Waals surface area contributed by atoms with Gasteiger partial charge in [0.15, 0.2) is 6.23 Å². The monoisotopic (exact) mass is 319 g/mol. The molecule has 0 amide bonds. The Bertz CT molecular complexity index is 878. The molecule has 4 rings (SSSR count). The minimum Gasteiger partial charge on any atom is -0.480 e. The molecule has 0 aliphatic carbocycles. The lowest BCUT2D eigenvalue weighted by Gasteiger charge is -2.19. The van der Waals surface area contributed by atoms with Gasteiger partial charge in [0.05, 0.1) is 13.3 Å². The Hall–Kier alpha value is -3.08. The summed E-state index contributed by atoms with van der Waals surface area (Å²) in [5, 5.41) is 3.44. The van der Waals surface area contributed by atoms with Crippen molar-refractivity contribution in [3.8, 4) is 23.0 Å². The summed E-state index contributed by atoms with van der Waals surface area (Å²) in [7, 11) is 1.57. The maximum atomic E-state index is 6.14. The molecule has 0 saturated carbocycles. The predicted octanol–water partition coefficient (Wildman–Crippen LogP) is 3.96. The molecule has 3 aromatic rings. The third-order valence-corrected chi connectivity index (χ3v) is 4.01. The molecule has 1 aliphatic rings. The first-order valence-electron chi connectivity index (χ1n) is 7.75. The van der Waals surface area contributed by atoms with E-state index in [0.29, 0.717) is 17.5 Å². The summed E-state index contributed by atoms with van der Waals surface area (Å²) in [6.07, 6.45) is 1.25. The van der Waals surface area contributed by atoms with E-state index < -0.39 is 0 Å². The summed E-state index contributed by atoms with van der Waals surface area (Å²) < 4.78 is 11.3. The zero-order valence-electron chi connectivity index (χ0n) is 13.5. The molecule has 0 radical (unpaired) electrons. The van der Waals surface area contributed by atoms with Gasteiger partial charge < -0.3 is 14.8 Å². The van der Waals surface area contributed by atoms with E-state index in [0.717, 1.165) is 16.8 Å². The quantitative estimate of drug-likeness (QED) is 0.774. The molecule has 0 spiro atoms. The second-order valence-corrected chi connectivity index (χ2v) is 5.66. The zero-order chi connectivity index (χ0) is 16.5. The molecule has 1 aromatic heterocycles. The Balaban J connectivity index is 1.85. The van der Waals surface area contributed by atoms with Crippen LogP contribution in [0.1, 0.15) is 17.4 Å². The van der Waals surface area contributed by atoms with Crippen molar-refractivity contribution in [3.63, 3.8) is 0 Å². The molecule has 24 heavy (non-hydrogen) atoms. The number of aryl methyl sites for hydroxylation is 1. The molecule has 0 saturated heterocycles. The van der Waals surface area contributed by atoms with Gasteiger partial charge in [-0.3, -0.25) is 0 Å². The highest BCUT2D eigenvalue weighted by molar-refractivity contribution is 5.79. The molecule has 0 fully saturated rings. The first kappa shape index (κ1) is 14.5. The Morgan fingerprint density at radius 1 is 1.08 bits per heavy atom. The summed E-state index contributed by atoms with van der Waals surface area (Å²) in [5.41, 5.74) is 4.84. The molecule has 2 aromatic carbocycles. The van der Waals surface area contributed by atoms with E-state index in [1.165, 1.54) is 5.56 Å². The van der Waals surface area contributed by atoms with Gasteiger partial charge in [-0.15, -0.1) is 0 Å². The molecular formula is C19H17N3O2. The van der Waals surface area contributed by atoms with Crippen LogP contribution in [0.3, 0.4) is 0 Å². The number of aromatic nitrogens is 2. The van der Waals surface area contributed by atoms with Crippen LogP contribution in [0.2, 0.25) is 0 Å². The molecule has 5 heteroatoms. The van der Waals surface area contributed by atoms with Crippen molar-refractivity contribution in [2.75, 3.05) is 12.4 Å². The lowest BCUT2D eigenvalue weighted by atomic mass is 10.1. The van der Waals surface area contributed by atoms with Crippen molar-refractivity contribution < 1.29 is 9.47 Å². The standard InChI is InChI=1S/C19H17N3O2/c1-12-7-9-13(10-8-12)18-21-15-6-4-3-5-14(15)17-19(24-18)22-16(23-2)11-20-17/h3-11,18,21H,1-2H3. The van der Waals surface area contributed by atoms with Crippen LogP contribution < -0.4 is 14.8 Å². The average molecular weight is 319 g/mol. The molecule has 5 nitrogen and oxygen atoms in total. The maximum absolute atomic E-state index is 6.14. The number of nitrogens with one attached hydrogen (secondary N) is 1. The lowest BCUT2D eigenvalue weighted by Crippen LogP contribution is -2.17. The summed E-state index contributed by atoms with van der Waals surface area (Å²) in [6, 6.07) is 16.2. The molecule has 1 unspecified atom stereocenters. The van der Waals surface area contributed by atoms with Crippen LogP contribution in [0.5, 0.6) is 11.8 Å². The second-order valence-electron chi connectivity index (χ2n) is 5.66. The van der Waals surface area contributed by atoms with Gasteiger partial charge in [0.2, 0.25) is 11.8 Å². The van der Waals surface area contributed by atoms with Gasteiger partial charge in [-0.1, -0.05) is 48.0 Å². The van der Waals surface area contributed by atoms with Crippen LogP contribution in [-0.2, 0) is 0 Å². The minimum absolute atomic E-state index is 0.352. The number of ether oxygens (including phenoxy) is 2. The lowest BCUT2D eigenvalue weighted by molar-refractivity contribution is 0.225. The fourth-order valence-electron chi connectivity index (χ4n) is 2.71. The number of hydrogen-bond acceptors (Lipinski definition) is 5. The highest BCUT2D eigenvalue weighted by Gasteiger charge is 2.25. The third-order valence-electron chi connectivity index (χ3n) is 4.01. The number of anilines is 1. The number of nitrogens with zero attached hydrogens (tertiary/aromatic N) is 2. The number of methoxy groups -OCH3 is 1. The highest BCUT2D eigenvalue weighted by Crippen LogP contribution is 2.39. The van der Waals surface area contributed by atoms with Crippen molar-refractivity contribution in [2.24, 2.45) is 0 Å². The van der Waals surface area contributed by atoms with E-state index in [1.54, 1.807) is 13.3 Å². The van der Waals surface area contributed by atoms with Gasteiger partial charge in [-0.2, -0.15) is 4.98 Å². The Kier molecular flexibility index (Phi) is 3.54. The van der Waals surface area contributed by atoms with E-state index in [-0.39, 0.29) is 6.23 Å². The van der Waals surface area contributed by atoms with Gasteiger partial charge in [-0.05, 0) is 13.0 Å². The van der Waals surface area contributed by atoms with Crippen LogP contribution in [0.15, 0.2) is 54.7 Å². The van der Waals surface area contributed by atoms with Crippen molar-refractivity contribution in [3.05, 3.63) is 65.9 Å². The molecular weight excluding hydrogens is 302 g/mol. The predicted molar refractivity (Wildman–Crippen MR) is 92.2 cm³/mol.